The number of halogens is 7. The lowest BCUT2D eigenvalue weighted by Crippen LogP contribution is -2.38. The van der Waals surface area contributed by atoms with Crippen molar-refractivity contribution in [1.82, 2.24) is 9.97 Å². The van der Waals surface area contributed by atoms with Gasteiger partial charge in [0.05, 0.1) is 24.8 Å². The highest BCUT2D eigenvalue weighted by atomic mass is 19.4. The Labute approximate surface area is 195 Å². The van der Waals surface area contributed by atoms with Crippen molar-refractivity contribution in [1.29, 1.82) is 0 Å². The second-order valence-electron chi connectivity index (χ2n) is 7.44. The van der Waals surface area contributed by atoms with Gasteiger partial charge in [0, 0.05) is 25.1 Å². The van der Waals surface area contributed by atoms with E-state index in [-0.39, 0.29) is 46.2 Å². The summed E-state index contributed by atoms with van der Waals surface area (Å²) in [5.74, 6) is -1.03. The summed E-state index contributed by atoms with van der Waals surface area (Å²) in [4.78, 5) is 8.41. The van der Waals surface area contributed by atoms with Crippen molar-refractivity contribution in [3.63, 3.8) is 0 Å². The van der Waals surface area contributed by atoms with Gasteiger partial charge in [-0.05, 0) is 36.8 Å². The van der Waals surface area contributed by atoms with E-state index in [1.54, 1.807) is 6.92 Å². The predicted octanol–water partition coefficient (Wildman–Crippen LogP) is 5.67. The number of rotatable bonds is 8. The first-order chi connectivity index (χ1) is 16.3. The first kappa shape index (κ1) is 26.3. The second-order valence-corrected chi connectivity index (χ2v) is 7.44. The minimum absolute atomic E-state index is 0.0241. The molecule has 35 heavy (non-hydrogen) atoms. The van der Waals surface area contributed by atoms with Crippen LogP contribution in [-0.4, -0.2) is 43.1 Å². The molecule has 2 aromatic carbocycles. The molecule has 0 aliphatic rings. The van der Waals surface area contributed by atoms with Crippen molar-refractivity contribution in [2.75, 3.05) is 26.1 Å². The van der Waals surface area contributed by atoms with Crippen LogP contribution in [0.2, 0.25) is 0 Å². The Morgan fingerprint density at radius 1 is 0.943 bits per heavy atom. The number of fused-ring (bicyclic) bond motifs is 1. The third-order valence-corrected chi connectivity index (χ3v) is 4.79. The number of hydrogen-bond acceptors (Lipinski definition) is 6. The molecular weight excluding hydrogens is 487 g/mol. The zero-order valence-corrected chi connectivity index (χ0v) is 18.6. The summed E-state index contributed by atoms with van der Waals surface area (Å²) in [6.07, 6.45) is -11.8. The van der Waals surface area contributed by atoms with E-state index in [0.717, 1.165) is 19.2 Å². The molecule has 3 aromatic rings. The fourth-order valence-electron chi connectivity index (χ4n) is 3.24. The summed E-state index contributed by atoms with van der Waals surface area (Å²) in [7, 11) is 2.33. The number of anilines is 1. The molecule has 0 fully saturated rings. The summed E-state index contributed by atoms with van der Waals surface area (Å²) in [6.45, 7) is 0.508. The van der Waals surface area contributed by atoms with Crippen LogP contribution in [0.5, 0.6) is 11.5 Å². The topological polar surface area (TPSA) is 65.5 Å². The third-order valence-electron chi connectivity index (χ3n) is 4.79. The van der Waals surface area contributed by atoms with Gasteiger partial charge in [0.1, 0.15) is 17.5 Å². The average Bonchev–Trinajstić information content (AvgIpc) is 2.75. The maximum Gasteiger partial charge on any atom is 0.427 e. The van der Waals surface area contributed by atoms with E-state index in [2.05, 4.69) is 20.0 Å². The first-order valence-corrected chi connectivity index (χ1v) is 10.0. The molecule has 1 aromatic heterocycles. The molecule has 0 radical (unpaired) electrons. The molecule has 0 saturated heterocycles. The van der Waals surface area contributed by atoms with E-state index in [0.29, 0.717) is 6.07 Å². The quantitative estimate of drug-likeness (QED) is 0.397. The number of benzene rings is 2. The van der Waals surface area contributed by atoms with E-state index < -0.39 is 36.4 Å². The number of nitrogens with zero attached hydrogens (tertiary/aromatic N) is 2. The Hall–Kier alpha value is -3.35. The minimum atomic E-state index is -4.74. The summed E-state index contributed by atoms with van der Waals surface area (Å²) in [5.41, 5.74) is -0.909. The van der Waals surface area contributed by atoms with Crippen LogP contribution in [0.3, 0.4) is 0 Å². The van der Waals surface area contributed by atoms with Crippen molar-refractivity contribution in [2.45, 2.75) is 31.9 Å². The van der Waals surface area contributed by atoms with Crippen LogP contribution < -0.4 is 14.8 Å². The Morgan fingerprint density at radius 2 is 1.66 bits per heavy atom. The molecule has 0 saturated carbocycles. The Morgan fingerprint density at radius 3 is 2.26 bits per heavy atom. The van der Waals surface area contributed by atoms with E-state index in [4.69, 9.17) is 9.47 Å². The highest BCUT2D eigenvalue weighted by Gasteiger charge is 2.42. The molecule has 3 rings (SSSR count). The van der Waals surface area contributed by atoms with Crippen LogP contribution in [0.25, 0.3) is 10.9 Å². The van der Waals surface area contributed by atoms with Gasteiger partial charge in [0.25, 0.3) is 0 Å². The number of methoxy groups -OCH3 is 2. The Balaban J connectivity index is 2.00. The lowest BCUT2D eigenvalue weighted by atomic mass is 10.1. The smallest absolute Gasteiger partial charge is 0.427 e. The standard InChI is InChI=1S/C22H20F7N3O3/c1-11-31-16-8-17(34-3)18(35-19(10-33-2)22(27,28)29)7-15(16)20(32-11)30-9-12-4-13(21(24,25)26)6-14(23)5-12/h4-8,19H,9-10H2,1-3H3,(H,30,31,32). The van der Waals surface area contributed by atoms with Crippen LogP contribution >= 0.6 is 0 Å². The first-order valence-electron chi connectivity index (χ1n) is 10.0. The monoisotopic (exact) mass is 507 g/mol. The van der Waals surface area contributed by atoms with Crippen molar-refractivity contribution in [3.8, 4) is 11.5 Å². The Bertz CT molecular complexity index is 1200. The molecule has 1 N–H and O–H groups in total. The molecule has 6 nitrogen and oxygen atoms in total. The minimum Gasteiger partial charge on any atom is -0.493 e. The number of ether oxygens (including phenoxy) is 3. The third kappa shape index (κ3) is 6.41. The number of aromatic nitrogens is 2. The number of alkyl halides is 6. The highest BCUT2D eigenvalue weighted by molar-refractivity contribution is 5.91. The van der Waals surface area contributed by atoms with Gasteiger partial charge in [-0.2, -0.15) is 26.3 Å². The predicted molar refractivity (Wildman–Crippen MR) is 112 cm³/mol. The second kappa shape index (κ2) is 10.1. The van der Waals surface area contributed by atoms with Crippen molar-refractivity contribution < 1.29 is 44.9 Å². The number of nitrogens with one attached hydrogen (secondary N) is 1. The summed E-state index contributed by atoms with van der Waals surface area (Å²) >= 11 is 0. The van der Waals surface area contributed by atoms with E-state index >= 15 is 0 Å². The lowest BCUT2D eigenvalue weighted by Gasteiger charge is -2.22. The molecule has 0 amide bonds. The molecule has 1 heterocycles. The van der Waals surface area contributed by atoms with Crippen molar-refractivity contribution in [2.24, 2.45) is 0 Å². The number of hydrogen-bond donors (Lipinski definition) is 1. The fraction of sp³-hybridized carbons (Fsp3) is 0.364. The molecule has 13 heteroatoms. The summed E-state index contributed by atoms with van der Waals surface area (Å²) in [5, 5.41) is 3.00. The van der Waals surface area contributed by atoms with Crippen LogP contribution in [0.4, 0.5) is 36.6 Å². The van der Waals surface area contributed by atoms with Gasteiger partial charge in [0.2, 0.25) is 6.10 Å². The SMILES string of the molecule is COCC(Oc1cc2c(NCc3cc(F)cc(C(F)(F)F)c3)nc(C)nc2cc1OC)C(F)(F)F. The van der Waals surface area contributed by atoms with Crippen LogP contribution in [0.15, 0.2) is 30.3 Å². The van der Waals surface area contributed by atoms with Crippen LogP contribution in [0, 0.1) is 12.7 Å². The van der Waals surface area contributed by atoms with Crippen LogP contribution in [-0.2, 0) is 17.5 Å². The molecule has 1 atom stereocenters. The summed E-state index contributed by atoms with van der Waals surface area (Å²) < 4.78 is 108. The maximum atomic E-state index is 13.7. The molecule has 0 aliphatic heterocycles. The Kier molecular flexibility index (Phi) is 7.58. The maximum absolute atomic E-state index is 13.7. The normalized spacial score (nSPS) is 13.1. The van der Waals surface area contributed by atoms with E-state index in [1.165, 1.54) is 19.2 Å². The van der Waals surface area contributed by atoms with Crippen molar-refractivity contribution in [3.05, 3.63) is 53.1 Å². The molecule has 0 aliphatic carbocycles. The zero-order chi connectivity index (χ0) is 26.0. The zero-order valence-electron chi connectivity index (χ0n) is 18.6. The number of aryl methyl sites for hydroxylation is 1. The van der Waals surface area contributed by atoms with Gasteiger partial charge >= 0.3 is 12.4 Å². The van der Waals surface area contributed by atoms with Gasteiger partial charge in [-0.3, -0.25) is 0 Å². The van der Waals surface area contributed by atoms with Crippen molar-refractivity contribution >= 4 is 16.7 Å². The molecular formula is C22H20F7N3O3. The highest BCUT2D eigenvalue weighted by Crippen LogP contribution is 2.37. The van der Waals surface area contributed by atoms with Gasteiger partial charge in [-0.25, -0.2) is 14.4 Å². The van der Waals surface area contributed by atoms with Gasteiger partial charge in [-0.1, -0.05) is 0 Å². The van der Waals surface area contributed by atoms with E-state index in [1.807, 2.05) is 0 Å². The van der Waals surface area contributed by atoms with Gasteiger partial charge in [0.15, 0.2) is 11.5 Å². The van der Waals surface area contributed by atoms with Gasteiger partial charge < -0.3 is 19.5 Å². The molecule has 0 spiro atoms. The van der Waals surface area contributed by atoms with Crippen LogP contribution in [0.1, 0.15) is 17.0 Å². The average molecular weight is 507 g/mol. The summed E-state index contributed by atoms with van der Waals surface area (Å²) in [6, 6.07) is 4.64. The largest absolute Gasteiger partial charge is 0.493 e. The van der Waals surface area contributed by atoms with E-state index in [9.17, 15) is 30.7 Å². The molecule has 0 bridgehead atoms. The molecule has 1 unspecified atom stereocenters. The molecule has 190 valence electrons. The van der Waals surface area contributed by atoms with Gasteiger partial charge in [-0.15, -0.1) is 0 Å². The lowest BCUT2D eigenvalue weighted by molar-refractivity contribution is -0.206. The fourth-order valence-corrected chi connectivity index (χ4v) is 3.24.